The summed E-state index contributed by atoms with van der Waals surface area (Å²) in [6.45, 7) is 2.06. The summed E-state index contributed by atoms with van der Waals surface area (Å²) in [5.41, 5.74) is 4.62. The number of pyridine rings is 1. The van der Waals surface area contributed by atoms with Crippen LogP contribution in [0, 0.1) is 11.7 Å². The Morgan fingerprint density at radius 2 is 1.86 bits per heavy atom. The zero-order chi connectivity index (χ0) is 24.0. The highest BCUT2D eigenvalue weighted by molar-refractivity contribution is 7.21. The number of carboxylic acid groups (broad SMARTS) is 1. The number of aryl methyl sites for hydroxylation is 1. The normalized spacial score (nSPS) is 16.9. The number of carboxylic acids is 1. The highest BCUT2D eigenvalue weighted by atomic mass is 35.5. The summed E-state index contributed by atoms with van der Waals surface area (Å²) in [6.07, 6.45) is 3.82. The third-order valence-corrected chi connectivity index (χ3v) is 8.33. The molecule has 6 rings (SSSR count). The first kappa shape index (κ1) is 24.8. The molecule has 1 N–H and O–H groups in total. The number of carbonyl (C=O) groups is 1. The van der Waals surface area contributed by atoms with Gasteiger partial charge >= 0.3 is 5.97 Å². The van der Waals surface area contributed by atoms with Crippen molar-refractivity contribution in [3.63, 3.8) is 0 Å². The van der Waals surface area contributed by atoms with Crippen LogP contribution in [0.1, 0.15) is 36.1 Å². The van der Waals surface area contributed by atoms with Crippen LogP contribution in [0.25, 0.3) is 20.9 Å². The molecular formula is C28H27ClFN3O2S. The minimum Gasteiger partial charge on any atom is -0.481 e. The van der Waals surface area contributed by atoms with Crippen LogP contribution in [0.2, 0.25) is 0 Å². The van der Waals surface area contributed by atoms with Crippen molar-refractivity contribution in [1.29, 1.82) is 0 Å². The fourth-order valence-electron chi connectivity index (χ4n) is 5.08. The van der Waals surface area contributed by atoms with Crippen molar-refractivity contribution >= 4 is 40.1 Å². The maximum absolute atomic E-state index is 15.0. The number of likely N-dealkylation sites (tertiary alicyclic amines) is 1. The van der Waals surface area contributed by atoms with Crippen molar-refractivity contribution in [2.24, 2.45) is 5.92 Å². The van der Waals surface area contributed by atoms with Gasteiger partial charge in [-0.05, 0) is 67.6 Å². The van der Waals surface area contributed by atoms with Crippen molar-refractivity contribution in [2.75, 3.05) is 19.6 Å². The minimum absolute atomic E-state index is 0. The molecule has 2 fully saturated rings. The van der Waals surface area contributed by atoms with Gasteiger partial charge in [-0.3, -0.25) is 4.79 Å². The SMILES string of the molecule is Cl.O=C(O)C1CN(CCCc2ccc(-c3nc4ccc(C5(c6ccccc6)CC5)nc4s3)c(F)c2)C1. The van der Waals surface area contributed by atoms with Gasteiger partial charge in [0.15, 0.2) is 0 Å². The Bertz CT molecular complexity index is 1400. The molecule has 0 spiro atoms. The van der Waals surface area contributed by atoms with E-state index < -0.39 is 5.97 Å². The van der Waals surface area contributed by atoms with Crippen molar-refractivity contribution in [3.8, 4) is 10.6 Å². The monoisotopic (exact) mass is 523 g/mol. The quantitative estimate of drug-likeness (QED) is 0.309. The first-order valence-corrected chi connectivity index (χ1v) is 12.9. The summed E-state index contributed by atoms with van der Waals surface area (Å²) in [4.78, 5) is 23.5. The molecule has 0 unspecified atom stereocenters. The zero-order valence-electron chi connectivity index (χ0n) is 19.7. The summed E-state index contributed by atoms with van der Waals surface area (Å²) in [7, 11) is 0. The van der Waals surface area contributed by atoms with Gasteiger partial charge in [0, 0.05) is 24.1 Å². The molecule has 1 aliphatic carbocycles. The fourth-order valence-corrected chi connectivity index (χ4v) is 6.04. The number of nitrogens with zero attached hydrogens (tertiary/aromatic N) is 3. The van der Waals surface area contributed by atoms with Gasteiger partial charge in [-0.2, -0.15) is 0 Å². The third-order valence-electron chi connectivity index (χ3n) is 7.33. The van der Waals surface area contributed by atoms with Crippen LogP contribution in [0.4, 0.5) is 4.39 Å². The highest BCUT2D eigenvalue weighted by Gasteiger charge is 2.47. The second-order valence-corrected chi connectivity index (χ2v) is 10.7. The number of hydrogen-bond donors (Lipinski definition) is 1. The molecule has 1 saturated carbocycles. The van der Waals surface area contributed by atoms with E-state index in [0.29, 0.717) is 23.7 Å². The summed E-state index contributed by atoms with van der Waals surface area (Å²) < 4.78 is 15.0. The van der Waals surface area contributed by atoms with Gasteiger partial charge in [0.25, 0.3) is 0 Å². The summed E-state index contributed by atoms with van der Waals surface area (Å²) in [5, 5.41) is 9.63. The Labute approximate surface area is 219 Å². The average molecular weight is 524 g/mol. The summed E-state index contributed by atoms with van der Waals surface area (Å²) in [5.74, 6) is -1.22. The Kier molecular flexibility index (Phi) is 6.81. The molecule has 2 aromatic heterocycles. The fraction of sp³-hybridized carbons (Fsp3) is 0.321. The molecular weight excluding hydrogens is 497 g/mol. The van der Waals surface area contributed by atoms with Crippen LogP contribution in [0.15, 0.2) is 60.7 Å². The molecule has 36 heavy (non-hydrogen) atoms. The van der Waals surface area contributed by atoms with Gasteiger partial charge in [-0.25, -0.2) is 14.4 Å². The van der Waals surface area contributed by atoms with E-state index in [1.165, 1.54) is 16.9 Å². The van der Waals surface area contributed by atoms with E-state index >= 15 is 4.39 Å². The molecule has 0 radical (unpaired) electrons. The average Bonchev–Trinajstić information content (AvgIpc) is 3.54. The van der Waals surface area contributed by atoms with Crippen molar-refractivity contribution in [1.82, 2.24) is 14.9 Å². The first-order chi connectivity index (χ1) is 17.0. The molecule has 1 aliphatic heterocycles. The minimum atomic E-state index is -0.719. The Hall–Kier alpha value is -2.87. The molecule has 0 bridgehead atoms. The van der Waals surface area contributed by atoms with E-state index in [1.807, 2.05) is 24.3 Å². The maximum Gasteiger partial charge on any atom is 0.309 e. The molecule has 186 valence electrons. The lowest BCUT2D eigenvalue weighted by Gasteiger charge is -2.36. The molecule has 0 atom stereocenters. The number of thiazole rings is 1. The van der Waals surface area contributed by atoms with Crippen LogP contribution in [0.5, 0.6) is 0 Å². The molecule has 4 aromatic rings. The van der Waals surface area contributed by atoms with E-state index in [2.05, 4.69) is 40.2 Å². The van der Waals surface area contributed by atoms with Crippen LogP contribution in [-0.2, 0) is 16.6 Å². The van der Waals surface area contributed by atoms with E-state index in [0.717, 1.165) is 53.8 Å². The predicted molar refractivity (Wildman–Crippen MR) is 142 cm³/mol. The van der Waals surface area contributed by atoms with E-state index in [1.54, 1.807) is 6.07 Å². The van der Waals surface area contributed by atoms with Gasteiger partial charge in [0.2, 0.25) is 0 Å². The number of halogens is 2. The van der Waals surface area contributed by atoms with Gasteiger partial charge in [0.1, 0.15) is 21.2 Å². The van der Waals surface area contributed by atoms with Crippen molar-refractivity contribution < 1.29 is 14.3 Å². The largest absolute Gasteiger partial charge is 0.481 e. The van der Waals surface area contributed by atoms with Crippen LogP contribution in [-0.4, -0.2) is 45.6 Å². The van der Waals surface area contributed by atoms with Gasteiger partial charge in [0.05, 0.1) is 11.6 Å². The summed E-state index contributed by atoms with van der Waals surface area (Å²) in [6, 6.07) is 20.0. The van der Waals surface area contributed by atoms with E-state index in [4.69, 9.17) is 10.1 Å². The number of rotatable bonds is 8. The second kappa shape index (κ2) is 9.88. The molecule has 0 amide bonds. The van der Waals surface area contributed by atoms with Gasteiger partial charge in [-0.1, -0.05) is 47.7 Å². The molecule has 2 aliphatic rings. The van der Waals surface area contributed by atoms with Gasteiger partial charge in [-0.15, -0.1) is 12.4 Å². The third kappa shape index (κ3) is 4.63. The van der Waals surface area contributed by atoms with Crippen molar-refractivity contribution in [3.05, 3.63) is 83.3 Å². The maximum atomic E-state index is 15.0. The topological polar surface area (TPSA) is 66.3 Å². The number of benzene rings is 2. The predicted octanol–water partition coefficient (Wildman–Crippen LogP) is 5.95. The van der Waals surface area contributed by atoms with Crippen LogP contribution >= 0.6 is 23.7 Å². The van der Waals surface area contributed by atoms with Crippen molar-refractivity contribution in [2.45, 2.75) is 31.1 Å². The number of fused-ring (bicyclic) bond motifs is 1. The Morgan fingerprint density at radius 3 is 2.56 bits per heavy atom. The highest BCUT2D eigenvalue weighted by Crippen LogP contribution is 2.53. The lowest BCUT2D eigenvalue weighted by Crippen LogP contribution is -2.50. The molecule has 2 aromatic carbocycles. The number of aliphatic carboxylic acids is 1. The Balaban J connectivity index is 0.00000267. The zero-order valence-corrected chi connectivity index (χ0v) is 21.3. The van der Waals surface area contributed by atoms with E-state index in [-0.39, 0.29) is 29.6 Å². The van der Waals surface area contributed by atoms with Crippen LogP contribution < -0.4 is 0 Å². The standard InChI is InChI=1S/C28H26FN3O2S.ClH/c29-22-15-18(5-4-14-32-16-19(17-32)27(33)34)8-9-21(22)25-30-23-10-11-24(31-26(23)35-25)28(12-13-28)20-6-2-1-3-7-20;/h1-3,6-11,15,19H,4-5,12-14,16-17H2,(H,33,34);1H. The molecule has 8 heteroatoms. The number of hydrogen-bond acceptors (Lipinski definition) is 5. The van der Waals surface area contributed by atoms with Gasteiger partial charge < -0.3 is 10.0 Å². The summed E-state index contributed by atoms with van der Waals surface area (Å²) >= 11 is 1.44. The van der Waals surface area contributed by atoms with Crippen LogP contribution in [0.3, 0.4) is 0 Å². The lowest BCUT2D eigenvalue weighted by atomic mass is 9.92. The second-order valence-electron chi connectivity index (χ2n) is 9.70. The Morgan fingerprint density at radius 1 is 1.08 bits per heavy atom. The number of aromatic nitrogens is 2. The lowest BCUT2D eigenvalue weighted by molar-refractivity contribution is -0.147. The first-order valence-electron chi connectivity index (χ1n) is 12.1. The molecule has 5 nitrogen and oxygen atoms in total. The molecule has 3 heterocycles. The van der Waals surface area contributed by atoms with E-state index in [9.17, 15) is 4.79 Å². The molecule has 1 saturated heterocycles. The smallest absolute Gasteiger partial charge is 0.309 e.